The third kappa shape index (κ3) is 3.23. The molecule has 0 amide bonds. The van der Waals surface area contributed by atoms with Crippen molar-refractivity contribution in [1.82, 2.24) is 0 Å². The van der Waals surface area contributed by atoms with Gasteiger partial charge in [-0.3, -0.25) is 0 Å². The molecule has 0 aliphatic carbocycles. The maximum Gasteiger partial charge on any atom is 0.166 e. The lowest BCUT2D eigenvalue weighted by molar-refractivity contribution is 0.432. The zero-order chi connectivity index (χ0) is 14.7. The Morgan fingerprint density at radius 3 is 2.57 bits per heavy atom. The van der Waals surface area contributed by atoms with Crippen LogP contribution >= 0.6 is 11.3 Å². The molecule has 0 atom stereocenters. The molecule has 4 heteroatoms. The second kappa shape index (κ2) is 5.97. The molecule has 21 heavy (non-hydrogen) atoms. The first-order valence-corrected chi connectivity index (χ1v) is 7.40. The number of halogens is 1. The maximum atomic E-state index is 13.2. The van der Waals surface area contributed by atoms with E-state index in [4.69, 9.17) is 5.11 Å². The van der Waals surface area contributed by atoms with Crippen molar-refractivity contribution < 1.29 is 9.50 Å². The number of hydrogen-bond donors (Lipinski definition) is 2. The molecule has 0 saturated heterocycles. The van der Waals surface area contributed by atoms with Crippen LogP contribution in [0, 0.1) is 5.82 Å². The van der Waals surface area contributed by atoms with Crippen LogP contribution in [0.2, 0.25) is 0 Å². The van der Waals surface area contributed by atoms with Crippen molar-refractivity contribution in [2.75, 3.05) is 5.32 Å². The van der Waals surface area contributed by atoms with Crippen LogP contribution in [0.25, 0.3) is 10.4 Å². The summed E-state index contributed by atoms with van der Waals surface area (Å²) in [5, 5.41) is 12.3. The van der Waals surface area contributed by atoms with Gasteiger partial charge in [0.1, 0.15) is 0 Å². The number of thiophene rings is 1. The van der Waals surface area contributed by atoms with Gasteiger partial charge in [-0.25, -0.2) is 4.39 Å². The molecular formula is C17H14FNOS. The second-order valence-corrected chi connectivity index (χ2v) is 5.82. The maximum absolute atomic E-state index is 13.2. The van der Waals surface area contributed by atoms with Crippen LogP contribution in [0.15, 0.2) is 60.7 Å². The molecule has 0 saturated carbocycles. The Labute approximate surface area is 126 Å². The van der Waals surface area contributed by atoms with Gasteiger partial charge in [0, 0.05) is 28.1 Å². The summed E-state index contributed by atoms with van der Waals surface area (Å²) in [5.41, 5.74) is 1.85. The van der Waals surface area contributed by atoms with Gasteiger partial charge in [0.25, 0.3) is 0 Å². The molecule has 106 valence electrons. The Morgan fingerprint density at radius 2 is 1.81 bits per heavy atom. The fourth-order valence-corrected chi connectivity index (χ4v) is 2.99. The fraction of sp³-hybridized carbons (Fsp3) is 0.0588. The number of nitrogens with one attached hydrogen (secondary N) is 1. The van der Waals surface area contributed by atoms with E-state index in [1.165, 1.54) is 27.5 Å². The van der Waals surface area contributed by atoms with Gasteiger partial charge in [0.15, 0.2) is 11.6 Å². The van der Waals surface area contributed by atoms with E-state index in [2.05, 4.69) is 29.6 Å². The molecule has 2 aromatic carbocycles. The van der Waals surface area contributed by atoms with E-state index >= 15 is 0 Å². The van der Waals surface area contributed by atoms with Crippen LogP contribution in [0.3, 0.4) is 0 Å². The summed E-state index contributed by atoms with van der Waals surface area (Å²) in [6.45, 7) is 0.627. The van der Waals surface area contributed by atoms with Crippen LogP contribution in [0.1, 0.15) is 4.88 Å². The van der Waals surface area contributed by atoms with E-state index in [0.29, 0.717) is 12.2 Å². The molecule has 0 unspecified atom stereocenters. The van der Waals surface area contributed by atoms with Crippen LogP contribution in [-0.2, 0) is 6.54 Å². The first-order chi connectivity index (χ1) is 10.2. The van der Waals surface area contributed by atoms with E-state index in [-0.39, 0.29) is 5.75 Å². The van der Waals surface area contributed by atoms with Crippen molar-refractivity contribution >= 4 is 17.0 Å². The largest absolute Gasteiger partial charge is 0.505 e. The molecule has 0 aliphatic heterocycles. The third-order valence-electron chi connectivity index (χ3n) is 3.13. The van der Waals surface area contributed by atoms with Gasteiger partial charge in [-0.05, 0) is 29.8 Å². The van der Waals surface area contributed by atoms with Gasteiger partial charge in [0.05, 0.1) is 0 Å². The predicted octanol–water partition coefficient (Wildman–Crippen LogP) is 4.87. The summed E-state index contributed by atoms with van der Waals surface area (Å²) in [4.78, 5) is 2.38. The summed E-state index contributed by atoms with van der Waals surface area (Å²) >= 11 is 1.71. The molecule has 0 aliphatic rings. The van der Waals surface area contributed by atoms with Crippen LogP contribution in [-0.4, -0.2) is 5.11 Å². The van der Waals surface area contributed by atoms with Crippen molar-refractivity contribution in [1.29, 1.82) is 0 Å². The summed E-state index contributed by atoms with van der Waals surface area (Å²) in [7, 11) is 0. The molecule has 1 aromatic heterocycles. The van der Waals surface area contributed by atoms with Crippen molar-refractivity contribution in [2.24, 2.45) is 0 Å². The van der Waals surface area contributed by atoms with Gasteiger partial charge in [0.2, 0.25) is 0 Å². The molecule has 2 nitrogen and oxygen atoms in total. The minimum absolute atomic E-state index is 0.331. The zero-order valence-corrected chi connectivity index (χ0v) is 12.0. The normalized spacial score (nSPS) is 10.5. The topological polar surface area (TPSA) is 32.3 Å². The highest BCUT2D eigenvalue weighted by Crippen LogP contribution is 2.28. The SMILES string of the molecule is Oc1ccc(NCc2ccc(-c3ccccc3)s2)cc1F. The monoisotopic (exact) mass is 299 g/mol. The number of hydrogen-bond acceptors (Lipinski definition) is 3. The van der Waals surface area contributed by atoms with E-state index < -0.39 is 5.82 Å². The molecule has 0 spiro atoms. The molecule has 0 bridgehead atoms. The molecule has 0 fully saturated rings. The van der Waals surface area contributed by atoms with Gasteiger partial charge < -0.3 is 10.4 Å². The average molecular weight is 299 g/mol. The van der Waals surface area contributed by atoms with Crippen LogP contribution < -0.4 is 5.32 Å². The summed E-state index contributed by atoms with van der Waals surface area (Å²) < 4.78 is 13.2. The van der Waals surface area contributed by atoms with E-state index in [9.17, 15) is 4.39 Å². The van der Waals surface area contributed by atoms with E-state index in [1.54, 1.807) is 17.4 Å². The molecule has 0 radical (unpaired) electrons. The number of benzene rings is 2. The summed E-state index contributed by atoms with van der Waals surface area (Å²) in [6, 6.07) is 18.7. The lowest BCUT2D eigenvalue weighted by Gasteiger charge is -2.05. The Kier molecular flexibility index (Phi) is 3.88. The highest BCUT2D eigenvalue weighted by Gasteiger charge is 2.04. The first kappa shape index (κ1) is 13.6. The summed E-state index contributed by atoms with van der Waals surface area (Å²) in [5.74, 6) is -0.945. The van der Waals surface area contributed by atoms with Gasteiger partial charge in [-0.1, -0.05) is 30.3 Å². The number of phenolic OH excluding ortho intramolecular Hbond substituents is 1. The Bertz CT molecular complexity index is 740. The van der Waals surface area contributed by atoms with E-state index in [1.807, 2.05) is 18.2 Å². The quantitative estimate of drug-likeness (QED) is 0.673. The lowest BCUT2D eigenvalue weighted by atomic mass is 10.2. The van der Waals surface area contributed by atoms with Gasteiger partial charge in [-0.2, -0.15) is 0 Å². The van der Waals surface area contributed by atoms with Crippen molar-refractivity contribution in [3.63, 3.8) is 0 Å². The highest BCUT2D eigenvalue weighted by atomic mass is 32.1. The fourth-order valence-electron chi connectivity index (χ4n) is 2.04. The Morgan fingerprint density at radius 1 is 1.00 bits per heavy atom. The predicted molar refractivity (Wildman–Crippen MR) is 85.1 cm³/mol. The Hall–Kier alpha value is -2.33. The van der Waals surface area contributed by atoms with E-state index in [0.717, 1.165) is 0 Å². The second-order valence-electron chi connectivity index (χ2n) is 4.65. The first-order valence-electron chi connectivity index (χ1n) is 6.59. The molecule has 1 heterocycles. The van der Waals surface area contributed by atoms with Gasteiger partial charge in [-0.15, -0.1) is 11.3 Å². The number of anilines is 1. The number of rotatable bonds is 4. The minimum atomic E-state index is -0.615. The third-order valence-corrected chi connectivity index (χ3v) is 4.27. The van der Waals surface area contributed by atoms with Crippen molar-refractivity contribution in [3.05, 3.63) is 71.4 Å². The molecule has 2 N–H and O–H groups in total. The molecule has 3 aromatic rings. The number of phenols is 1. The van der Waals surface area contributed by atoms with Crippen molar-refractivity contribution in [3.8, 4) is 16.2 Å². The minimum Gasteiger partial charge on any atom is -0.505 e. The summed E-state index contributed by atoms with van der Waals surface area (Å²) in [6.07, 6.45) is 0. The Balaban J connectivity index is 1.69. The molecular weight excluding hydrogens is 285 g/mol. The van der Waals surface area contributed by atoms with Gasteiger partial charge >= 0.3 is 0 Å². The zero-order valence-electron chi connectivity index (χ0n) is 11.2. The molecule has 3 rings (SSSR count). The van der Waals surface area contributed by atoms with Crippen molar-refractivity contribution in [2.45, 2.75) is 6.54 Å². The highest BCUT2D eigenvalue weighted by molar-refractivity contribution is 7.15. The average Bonchev–Trinajstić information content (AvgIpc) is 2.98. The smallest absolute Gasteiger partial charge is 0.166 e. The van der Waals surface area contributed by atoms with Crippen LogP contribution in [0.5, 0.6) is 5.75 Å². The number of aromatic hydroxyl groups is 1. The lowest BCUT2D eigenvalue weighted by Crippen LogP contribution is -1.97. The van der Waals surface area contributed by atoms with Crippen LogP contribution in [0.4, 0.5) is 10.1 Å². The standard InChI is InChI=1S/C17H14FNOS/c18-15-10-13(6-8-16(15)20)19-11-14-7-9-17(21-14)12-4-2-1-3-5-12/h1-10,19-20H,11H2.